The van der Waals surface area contributed by atoms with E-state index in [1.807, 2.05) is 32.1 Å². The van der Waals surface area contributed by atoms with Crippen LogP contribution in [0.3, 0.4) is 0 Å². The highest BCUT2D eigenvalue weighted by molar-refractivity contribution is 7.84. The monoisotopic (exact) mass is 331 g/mol. The molecule has 1 aromatic rings. The van der Waals surface area contributed by atoms with Gasteiger partial charge in [-0.1, -0.05) is 6.07 Å². The van der Waals surface area contributed by atoms with E-state index in [0.29, 0.717) is 5.92 Å². The second-order valence-corrected chi connectivity index (χ2v) is 9.50. The third-order valence-electron chi connectivity index (χ3n) is 4.55. The highest BCUT2D eigenvalue weighted by Gasteiger charge is 2.55. The molecule has 0 saturated heterocycles. The summed E-state index contributed by atoms with van der Waals surface area (Å²) in [5.41, 5.74) is 1.12. The molecule has 2 nitrogen and oxygen atoms in total. The van der Waals surface area contributed by atoms with Gasteiger partial charge in [0.15, 0.2) is 0 Å². The molecule has 1 saturated carbocycles. The van der Waals surface area contributed by atoms with Crippen LogP contribution >= 0.6 is 0 Å². The van der Waals surface area contributed by atoms with Crippen molar-refractivity contribution in [1.82, 2.24) is 4.31 Å². The van der Waals surface area contributed by atoms with Gasteiger partial charge in [-0.15, -0.1) is 0 Å². The van der Waals surface area contributed by atoms with Crippen LogP contribution in [0, 0.1) is 5.92 Å². The Morgan fingerprint density at radius 3 is 2.36 bits per heavy atom. The molecule has 0 aromatic heterocycles. The van der Waals surface area contributed by atoms with Crippen molar-refractivity contribution in [2.24, 2.45) is 5.92 Å². The van der Waals surface area contributed by atoms with Crippen molar-refractivity contribution < 1.29 is 17.4 Å². The van der Waals surface area contributed by atoms with Crippen LogP contribution in [0.15, 0.2) is 18.2 Å². The van der Waals surface area contributed by atoms with Crippen LogP contribution in [0.1, 0.15) is 55.8 Å². The summed E-state index contributed by atoms with van der Waals surface area (Å²) in [6, 6.07) is 3.96. The molecular formula is C16H20F3NOS. The number of alkyl halides is 3. The molecule has 0 N–H and O–H groups in total. The minimum absolute atomic E-state index is 0.0395. The van der Waals surface area contributed by atoms with E-state index in [2.05, 4.69) is 0 Å². The summed E-state index contributed by atoms with van der Waals surface area (Å²) in [4.78, 5) is 0. The molecule has 1 fully saturated rings. The summed E-state index contributed by atoms with van der Waals surface area (Å²) in [5, 5.41) is 0. The van der Waals surface area contributed by atoms with E-state index < -0.39 is 22.7 Å². The SMILES string of the molecule is CN([C@@H]1c2ccc(C(F)(F)F)cc2[C@@H]2C[C@H]12)S(=O)C(C)(C)C. The molecule has 4 atom stereocenters. The van der Waals surface area contributed by atoms with Crippen molar-refractivity contribution in [3.05, 3.63) is 34.9 Å². The fourth-order valence-electron chi connectivity index (χ4n) is 3.49. The van der Waals surface area contributed by atoms with Gasteiger partial charge in [-0.05, 0) is 62.3 Å². The van der Waals surface area contributed by atoms with Crippen molar-refractivity contribution in [2.45, 2.75) is 50.1 Å². The lowest BCUT2D eigenvalue weighted by molar-refractivity contribution is -0.137. The summed E-state index contributed by atoms with van der Waals surface area (Å²) in [5.74, 6) is 0.497. The van der Waals surface area contributed by atoms with Crippen molar-refractivity contribution in [3.63, 3.8) is 0 Å². The van der Waals surface area contributed by atoms with Crippen molar-refractivity contribution >= 4 is 11.0 Å². The Balaban J connectivity index is 1.95. The Hall–Kier alpha value is -0.880. The Bertz CT molecular complexity index is 635. The third kappa shape index (κ3) is 2.50. The summed E-state index contributed by atoms with van der Waals surface area (Å²) < 4.78 is 52.7. The zero-order valence-corrected chi connectivity index (χ0v) is 13.9. The minimum atomic E-state index is -4.31. The molecule has 6 heteroatoms. The second kappa shape index (κ2) is 4.81. The quantitative estimate of drug-likeness (QED) is 0.793. The van der Waals surface area contributed by atoms with Crippen LogP contribution in [0.4, 0.5) is 13.2 Å². The zero-order chi connectivity index (χ0) is 16.4. The van der Waals surface area contributed by atoms with Gasteiger partial charge >= 0.3 is 6.18 Å². The summed E-state index contributed by atoms with van der Waals surface area (Å²) in [6.45, 7) is 5.73. The fraction of sp³-hybridized carbons (Fsp3) is 0.625. The molecule has 0 heterocycles. The molecule has 0 amide bonds. The van der Waals surface area contributed by atoms with E-state index in [4.69, 9.17) is 0 Å². The van der Waals surface area contributed by atoms with Gasteiger partial charge in [0.2, 0.25) is 0 Å². The molecular weight excluding hydrogens is 311 g/mol. The molecule has 1 unspecified atom stereocenters. The van der Waals surface area contributed by atoms with E-state index in [-0.39, 0.29) is 16.7 Å². The first kappa shape index (κ1) is 16.0. The van der Waals surface area contributed by atoms with E-state index in [1.54, 1.807) is 6.07 Å². The standard InChI is InChI=1S/C16H20F3NOS/c1-15(2,3)22(21)20(4)14-10-6-5-9(16(17,18)19)7-11(10)12-8-13(12)14/h5-7,12-14H,8H2,1-4H3/t12-,13-,14+,22?/m0/s1. The van der Waals surface area contributed by atoms with E-state index in [0.717, 1.165) is 23.6 Å². The van der Waals surface area contributed by atoms with Crippen LogP contribution < -0.4 is 0 Å². The molecule has 3 rings (SSSR count). The molecule has 1 aromatic carbocycles. The Morgan fingerprint density at radius 2 is 1.82 bits per heavy atom. The molecule has 2 aliphatic carbocycles. The third-order valence-corrected chi connectivity index (χ3v) is 6.35. The number of hydrogen-bond acceptors (Lipinski definition) is 1. The Kier molecular flexibility index (Phi) is 3.49. The van der Waals surface area contributed by atoms with Gasteiger partial charge < -0.3 is 0 Å². The molecule has 0 aliphatic heterocycles. The zero-order valence-electron chi connectivity index (χ0n) is 13.1. The van der Waals surface area contributed by atoms with Crippen LogP contribution in [0.5, 0.6) is 0 Å². The number of hydrogen-bond donors (Lipinski definition) is 0. The van der Waals surface area contributed by atoms with Crippen LogP contribution in [0.2, 0.25) is 0 Å². The van der Waals surface area contributed by atoms with Crippen molar-refractivity contribution in [3.8, 4) is 0 Å². The topological polar surface area (TPSA) is 20.3 Å². The fourth-order valence-corrected chi connectivity index (χ4v) is 4.83. The minimum Gasteiger partial charge on any atom is -0.242 e. The maximum atomic E-state index is 12.9. The summed E-state index contributed by atoms with van der Waals surface area (Å²) >= 11 is 0. The molecule has 0 bridgehead atoms. The van der Waals surface area contributed by atoms with Crippen molar-refractivity contribution in [1.29, 1.82) is 0 Å². The number of rotatable bonds is 2. The second-order valence-electron chi connectivity index (χ2n) is 7.20. The molecule has 0 spiro atoms. The summed E-state index contributed by atoms with van der Waals surface area (Å²) in [6.07, 6.45) is -3.41. The lowest BCUT2D eigenvalue weighted by Gasteiger charge is -2.31. The predicted molar refractivity (Wildman–Crippen MR) is 80.7 cm³/mol. The highest BCUT2D eigenvalue weighted by atomic mass is 32.2. The summed E-state index contributed by atoms with van der Waals surface area (Å²) in [7, 11) is 0.629. The molecule has 22 heavy (non-hydrogen) atoms. The number of nitrogens with zero attached hydrogens (tertiary/aromatic N) is 1. The Labute approximate surface area is 131 Å². The lowest BCUT2D eigenvalue weighted by atomic mass is 10.00. The first-order valence-electron chi connectivity index (χ1n) is 7.37. The average molecular weight is 331 g/mol. The van der Waals surface area contributed by atoms with Gasteiger partial charge in [-0.3, -0.25) is 0 Å². The number of fused-ring (bicyclic) bond motifs is 3. The first-order chi connectivity index (χ1) is 10.0. The number of benzene rings is 1. The lowest BCUT2D eigenvalue weighted by Crippen LogP contribution is -2.37. The van der Waals surface area contributed by atoms with E-state index >= 15 is 0 Å². The van der Waals surface area contributed by atoms with Crippen LogP contribution in [0.25, 0.3) is 0 Å². The maximum absolute atomic E-state index is 12.9. The van der Waals surface area contributed by atoms with E-state index in [9.17, 15) is 17.4 Å². The smallest absolute Gasteiger partial charge is 0.242 e. The average Bonchev–Trinajstić information content (AvgIpc) is 3.10. The van der Waals surface area contributed by atoms with E-state index in [1.165, 1.54) is 6.07 Å². The van der Waals surface area contributed by atoms with Crippen LogP contribution in [-0.4, -0.2) is 20.3 Å². The number of halogens is 3. The van der Waals surface area contributed by atoms with Crippen LogP contribution in [-0.2, 0) is 17.2 Å². The Morgan fingerprint density at radius 1 is 1.18 bits per heavy atom. The van der Waals surface area contributed by atoms with Gasteiger partial charge in [-0.2, -0.15) is 13.2 Å². The van der Waals surface area contributed by atoms with Gasteiger partial charge in [0.1, 0.15) is 11.0 Å². The van der Waals surface area contributed by atoms with Crippen molar-refractivity contribution in [2.75, 3.05) is 7.05 Å². The first-order valence-corrected chi connectivity index (χ1v) is 8.48. The van der Waals surface area contributed by atoms with Gasteiger partial charge in [0.05, 0.1) is 16.4 Å². The molecule has 122 valence electrons. The maximum Gasteiger partial charge on any atom is 0.416 e. The van der Waals surface area contributed by atoms with Gasteiger partial charge in [0, 0.05) is 7.05 Å². The highest BCUT2D eigenvalue weighted by Crippen LogP contribution is 2.64. The van der Waals surface area contributed by atoms with Gasteiger partial charge in [-0.25, -0.2) is 8.51 Å². The molecule has 2 aliphatic rings. The predicted octanol–water partition coefficient (Wildman–Crippen LogP) is 4.26. The largest absolute Gasteiger partial charge is 0.416 e. The molecule has 0 radical (unpaired) electrons. The normalized spacial score (nSPS) is 28.5. The van der Waals surface area contributed by atoms with Gasteiger partial charge in [0.25, 0.3) is 0 Å².